The zero-order chi connectivity index (χ0) is 23.4. The summed E-state index contributed by atoms with van der Waals surface area (Å²) in [6, 6.07) is 7.92. The highest BCUT2D eigenvalue weighted by Gasteiger charge is 2.35. The van der Waals surface area contributed by atoms with E-state index in [2.05, 4.69) is 15.0 Å². The molecule has 0 saturated carbocycles. The van der Waals surface area contributed by atoms with Crippen LogP contribution in [-0.2, 0) is 15.0 Å². The summed E-state index contributed by atoms with van der Waals surface area (Å²) in [5.74, 6) is -0.330. The molecule has 0 saturated heterocycles. The molecule has 0 aliphatic heterocycles. The molecule has 0 spiro atoms. The second-order valence-corrected chi connectivity index (χ2v) is 9.03. The van der Waals surface area contributed by atoms with Crippen LogP contribution in [0.25, 0.3) is 11.1 Å². The first-order valence-electron chi connectivity index (χ1n) is 10.4. The zero-order valence-electron chi connectivity index (χ0n) is 19.1. The molecular weight excluding hydrogens is 392 g/mol. The number of carboxylic acids is 1. The van der Waals surface area contributed by atoms with Crippen LogP contribution in [-0.4, -0.2) is 32.8 Å². The molecule has 1 amide bonds. The standard InChI is InChI=1S/C24H32N4O3/c1-15(2)24(6,21(25)28-20(29)11-12-23(4,5)22(30)31)19-9-7-17(8-10-19)18-13-26-16(3)27-14-18/h7-10,13-15H,11-12H2,1-6H3,(H,30,31)(H2,25,28,29). The Labute approximate surface area is 183 Å². The van der Waals surface area contributed by atoms with Gasteiger partial charge in [0.1, 0.15) is 11.7 Å². The number of aliphatic carboxylic acids is 1. The van der Waals surface area contributed by atoms with Crippen LogP contribution in [0.1, 0.15) is 58.8 Å². The third kappa shape index (κ3) is 5.54. The lowest BCUT2D eigenvalue weighted by Gasteiger charge is -2.34. The number of aryl methyl sites for hydroxylation is 1. The first-order valence-corrected chi connectivity index (χ1v) is 10.4. The van der Waals surface area contributed by atoms with E-state index in [1.165, 1.54) is 0 Å². The Morgan fingerprint density at radius 2 is 1.61 bits per heavy atom. The summed E-state index contributed by atoms with van der Waals surface area (Å²) in [5.41, 5.74) is 7.55. The molecule has 0 fully saturated rings. The van der Waals surface area contributed by atoms with Crippen LogP contribution in [0.5, 0.6) is 0 Å². The van der Waals surface area contributed by atoms with Gasteiger partial charge in [-0.05, 0) is 51.2 Å². The Morgan fingerprint density at radius 3 is 2.10 bits per heavy atom. The lowest BCUT2D eigenvalue weighted by Crippen LogP contribution is -2.43. The van der Waals surface area contributed by atoms with Gasteiger partial charge >= 0.3 is 5.97 Å². The van der Waals surface area contributed by atoms with Crippen LogP contribution >= 0.6 is 0 Å². The average Bonchev–Trinajstić information content (AvgIpc) is 2.72. The molecular formula is C24H32N4O3. The van der Waals surface area contributed by atoms with Crippen LogP contribution < -0.4 is 5.73 Å². The maximum absolute atomic E-state index is 12.4. The van der Waals surface area contributed by atoms with Gasteiger partial charge in [0, 0.05) is 24.4 Å². The fraction of sp³-hybridized carbons (Fsp3) is 0.458. The predicted molar refractivity (Wildman–Crippen MR) is 122 cm³/mol. The minimum Gasteiger partial charge on any atom is -0.481 e. The lowest BCUT2D eigenvalue weighted by molar-refractivity contribution is -0.147. The highest BCUT2D eigenvalue weighted by molar-refractivity contribution is 6.00. The van der Waals surface area contributed by atoms with Gasteiger partial charge in [-0.3, -0.25) is 9.59 Å². The molecule has 2 aromatic rings. The van der Waals surface area contributed by atoms with Crippen molar-refractivity contribution in [1.82, 2.24) is 9.97 Å². The van der Waals surface area contributed by atoms with E-state index < -0.39 is 22.7 Å². The van der Waals surface area contributed by atoms with E-state index >= 15 is 0 Å². The van der Waals surface area contributed by atoms with Gasteiger partial charge in [0.05, 0.1) is 10.8 Å². The number of carbonyl (C=O) groups excluding carboxylic acids is 1. The van der Waals surface area contributed by atoms with E-state index in [1.807, 2.05) is 52.0 Å². The van der Waals surface area contributed by atoms with Crippen LogP contribution in [0, 0.1) is 18.3 Å². The van der Waals surface area contributed by atoms with E-state index in [4.69, 9.17) is 5.73 Å². The van der Waals surface area contributed by atoms with E-state index in [0.717, 1.165) is 16.7 Å². The predicted octanol–water partition coefficient (Wildman–Crippen LogP) is 4.14. The fourth-order valence-corrected chi connectivity index (χ4v) is 3.16. The van der Waals surface area contributed by atoms with Gasteiger partial charge in [-0.15, -0.1) is 0 Å². The zero-order valence-corrected chi connectivity index (χ0v) is 19.1. The largest absolute Gasteiger partial charge is 0.481 e. The fourth-order valence-electron chi connectivity index (χ4n) is 3.16. The summed E-state index contributed by atoms with van der Waals surface area (Å²) < 4.78 is 0. The molecule has 1 aromatic heterocycles. The normalized spacial score (nSPS) is 14.4. The highest BCUT2D eigenvalue weighted by atomic mass is 16.4. The van der Waals surface area contributed by atoms with Crippen LogP contribution in [0.4, 0.5) is 0 Å². The first-order chi connectivity index (χ1) is 14.4. The van der Waals surface area contributed by atoms with Crippen molar-refractivity contribution in [2.45, 2.75) is 59.8 Å². The summed E-state index contributed by atoms with van der Waals surface area (Å²) in [5, 5.41) is 9.23. The summed E-state index contributed by atoms with van der Waals surface area (Å²) in [6.07, 6.45) is 3.79. The second kappa shape index (κ2) is 9.37. The van der Waals surface area contributed by atoms with Gasteiger partial charge in [-0.2, -0.15) is 4.99 Å². The lowest BCUT2D eigenvalue weighted by atomic mass is 9.72. The number of nitrogens with zero attached hydrogens (tertiary/aromatic N) is 3. The molecule has 2 rings (SSSR count). The molecule has 1 atom stereocenters. The Bertz CT molecular complexity index is 963. The van der Waals surface area contributed by atoms with Crippen LogP contribution in [0.2, 0.25) is 0 Å². The molecule has 31 heavy (non-hydrogen) atoms. The molecule has 7 nitrogen and oxygen atoms in total. The summed E-state index contributed by atoms with van der Waals surface area (Å²) >= 11 is 0. The number of aromatic nitrogens is 2. The summed E-state index contributed by atoms with van der Waals surface area (Å²) in [6.45, 7) is 11.1. The smallest absolute Gasteiger partial charge is 0.309 e. The van der Waals surface area contributed by atoms with Crippen molar-refractivity contribution in [1.29, 1.82) is 0 Å². The van der Waals surface area contributed by atoms with Gasteiger partial charge in [-0.1, -0.05) is 38.1 Å². The molecule has 1 heterocycles. The van der Waals surface area contributed by atoms with Crippen molar-refractivity contribution in [3.63, 3.8) is 0 Å². The maximum Gasteiger partial charge on any atom is 0.309 e. The molecule has 1 unspecified atom stereocenters. The van der Waals surface area contributed by atoms with E-state index in [9.17, 15) is 14.7 Å². The molecule has 166 valence electrons. The van der Waals surface area contributed by atoms with Crippen molar-refractivity contribution in [3.8, 4) is 11.1 Å². The number of benzene rings is 1. The van der Waals surface area contributed by atoms with E-state index in [0.29, 0.717) is 5.82 Å². The molecule has 0 radical (unpaired) electrons. The number of amides is 1. The quantitative estimate of drug-likeness (QED) is 0.485. The molecule has 7 heteroatoms. The molecule has 3 N–H and O–H groups in total. The van der Waals surface area contributed by atoms with Crippen molar-refractivity contribution in [3.05, 3.63) is 48.0 Å². The number of amidine groups is 1. The monoisotopic (exact) mass is 424 g/mol. The van der Waals surface area contributed by atoms with E-state index in [-0.39, 0.29) is 24.6 Å². The number of rotatable bonds is 8. The average molecular weight is 425 g/mol. The molecule has 0 aliphatic rings. The summed E-state index contributed by atoms with van der Waals surface area (Å²) in [7, 11) is 0. The van der Waals surface area contributed by atoms with Crippen molar-refractivity contribution in [2.75, 3.05) is 0 Å². The van der Waals surface area contributed by atoms with E-state index in [1.54, 1.807) is 26.2 Å². The second-order valence-electron chi connectivity index (χ2n) is 9.03. The van der Waals surface area contributed by atoms with Crippen LogP contribution in [0.15, 0.2) is 41.7 Å². The van der Waals surface area contributed by atoms with Gasteiger partial charge in [-0.25, -0.2) is 9.97 Å². The van der Waals surface area contributed by atoms with Crippen molar-refractivity contribution < 1.29 is 14.7 Å². The van der Waals surface area contributed by atoms with Gasteiger partial charge in [0.2, 0.25) is 5.91 Å². The molecule has 0 aliphatic carbocycles. The Morgan fingerprint density at radius 1 is 1.06 bits per heavy atom. The number of carboxylic acid groups (broad SMARTS) is 1. The topological polar surface area (TPSA) is 119 Å². The summed E-state index contributed by atoms with van der Waals surface area (Å²) in [4.78, 5) is 36.3. The Kier molecular flexibility index (Phi) is 7.31. The van der Waals surface area contributed by atoms with Crippen LogP contribution in [0.3, 0.4) is 0 Å². The number of hydrogen-bond acceptors (Lipinski definition) is 4. The molecule has 0 bridgehead atoms. The Balaban J connectivity index is 2.27. The van der Waals surface area contributed by atoms with Crippen molar-refractivity contribution in [2.24, 2.45) is 22.1 Å². The highest BCUT2D eigenvalue weighted by Crippen LogP contribution is 2.34. The minimum atomic E-state index is -0.989. The molecule has 1 aromatic carbocycles. The first kappa shape index (κ1) is 24.2. The SMILES string of the molecule is Cc1ncc(-c2ccc(C(C)(C(N)=NC(=O)CCC(C)(C)C(=O)O)C(C)C)cc2)cn1. The minimum absolute atomic E-state index is 0.0283. The van der Waals surface area contributed by atoms with Crippen molar-refractivity contribution >= 4 is 17.7 Å². The third-order valence-electron chi connectivity index (χ3n) is 6.07. The van der Waals surface area contributed by atoms with Gasteiger partial charge in [0.25, 0.3) is 0 Å². The number of aliphatic imine (C=N–C) groups is 1. The van der Waals surface area contributed by atoms with Gasteiger partial charge < -0.3 is 10.8 Å². The number of carbonyl (C=O) groups is 2. The maximum atomic E-state index is 12.4. The van der Waals surface area contributed by atoms with Gasteiger partial charge in [0.15, 0.2) is 0 Å². The third-order valence-corrected chi connectivity index (χ3v) is 6.07. The number of nitrogens with two attached hydrogens (primary N) is 1. The Hall–Kier alpha value is -3.09. The number of hydrogen-bond donors (Lipinski definition) is 2.